The standard InChI is InChI=1S/C23H28N2O/c1-18(26)20-9-4-6-19(14-20)17-24-10-5-11-25(13-12-24)23-15-21-7-2-3-8-22(21)16-23/h2-4,6-9,14,23H,5,10-13,15-17H2,1H3. The summed E-state index contributed by atoms with van der Waals surface area (Å²) in [6.45, 7) is 7.17. The molecule has 1 aliphatic heterocycles. The minimum absolute atomic E-state index is 0.148. The average Bonchev–Trinajstić information content (AvgIpc) is 2.95. The molecule has 4 rings (SSSR count). The van der Waals surface area contributed by atoms with Crippen LogP contribution >= 0.6 is 0 Å². The molecule has 26 heavy (non-hydrogen) atoms. The Morgan fingerprint density at radius 2 is 1.73 bits per heavy atom. The van der Waals surface area contributed by atoms with Gasteiger partial charge in [-0.2, -0.15) is 0 Å². The van der Waals surface area contributed by atoms with Crippen LogP contribution in [0.5, 0.6) is 0 Å². The third kappa shape index (κ3) is 3.89. The van der Waals surface area contributed by atoms with Crippen LogP contribution in [0.3, 0.4) is 0 Å². The molecule has 0 radical (unpaired) electrons. The van der Waals surface area contributed by atoms with E-state index in [0.29, 0.717) is 6.04 Å². The summed E-state index contributed by atoms with van der Waals surface area (Å²) in [7, 11) is 0. The molecule has 136 valence electrons. The summed E-state index contributed by atoms with van der Waals surface area (Å²) in [5, 5.41) is 0. The van der Waals surface area contributed by atoms with Gasteiger partial charge in [0.1, 0.15) is 0 Å². The molecule has 0 spiro atoms. The van der Waals surface area contributed by atoms with Crippen LogP contribution < -0.4 is 0 Å². The van der Waals surface area contributed by atoms with E-state index in [0.717, 1.165) is 31.7 Å². The monoisotopic (exact) mass is 348 g/mol. The summed E-state index contributed by atoms with van der Waals surface area (Å²) < 4.78 is 0. The zero-order valence-electron chi connectivity index (χ0n) is 15.7. The zero-order valence-corrected chi connectivity index (χ0v) is 15.7. The van der Waals surface area contributed by atoms with Crippen LogP contribution in [0.2, 0.25) is 0 Å². The Balaban J connectivity index is 1.35. The molecule has 3 nitrogen and oxygen atoms in total. The Bertz CT molecular complexity index is 760. The van der Waals surface area contributed by atoms with Gasteiger partial charge in [-0.1, -0.05) is 42.5 Å². The predicted molar refractivity (Wildman–Crippen MR) is 106 cm³/mol. The minimum Gasteiger partial charge on any atom is -0.298 e. The molecule has 0 saturated carbocycles. The van der Waals surface area contributed by atoms with Crippen molar-refractivity contribution in [2.45, 2.75) is 38.8 Å². The lowest BCUT2D eigenvalue weighted by molar-refractivity contribution is 0.101. The van der Waals surface area contributed by atoms with Gasteiger partial charge in [-0.3, -0.25) is 14.6 Å². The van der Waals surface area contributed by atoms with Crippen molar-refractivity contribution in [2.75, 3.05) is 26.2 Å². The number of Topliss-reactive ketones (excluding diaryl/α,β-unsaturated/α-hetero) is 1. The lowest BCUT2D eigenvalue weighted by Gasteiger charge is -2.27. The first kappa shape index (κ1) is 17.4. The van der Waals surface area contributed by atoms with Crippen molar-refractivity contribution >= 4 is 5.78 Å². The molecule has 0 N–H and O–H groups in total. The maximum Gasteiger partial charge on any atom is 0.159 e. The molecular weight excluding hydrogens is 320 g/mol. The molecule has 2 aromatic rings. The molecule has 0 amide bonds. The second kappa shape index (κ2) is 7.73. The highest BCUT2D eigenvalue weighted by Crippen LogP contribution is 2.26. The number of hydrogen-bond acceptors (Lipinski definition) is 3. The van der Waals surface area contributed by atoms with Crippen molar-refractivity contribution in [2.24, 2.45) is 0 Å². The normalized spacial score (nSPS) is 19.3. The number of benzene rings is 2. The van der Waals surface area contributed by atoms with Gasteiger partial charge in [-0.15, -0.1) is 0 Å². The van der Waals surface area contributed by atoms with E-state index in [4.69, 9.17) is 0 Å². The number of carbonyl (C=O) groups is 1. The summed E-state index contributed by atoms with van der Waals surface area (Å²) in [5.41, 5.74) is 5.15. The predicted octanol–water partition coefficient (Wildman–Crippen LogP) is 3.56. The molecule has 2 aliphatic rings. The van der Waals surface area contributed by atoms with Crippen LogP contribution in [-0.4, -0.2) is 47.8 Å². The van der Waals surface area contributed by atoms with Gasteiger partial charge in [0.05, 0.1) is 0 Å². The van der Waals surface area contributed by atoms with Gasteiger partial charge in [0.25, 0.3) is 0 Å². The van der Waals surface area contributed by atoms with Crippen LogP contribution in [0.1, 0.15) is 40.4 Å². The van der Waals surface area contributed by atoms with Crippen LogP contribution in [0, 0.1) is 0 Å². The maximum atomic E-state index is 11.6. The van der Waals surface area contributed by atoms with Gasteiger partial charge in [0.15, 0.2) is 5.78 Å². The summed E-state index contributed by atoms with van der Waals surface area (Å²) >= 11 is 0. The SMILES string of the molecule is CC(=O)c1cccc(CN2CCCN(C3Cc4ccccc4C3)CC2)c1. The van der Waals surface area contributed by atoms with E-state index < -0.39 is 0 Å². The molecular formula is C23H28N2O. The zero-order chi connectivity index (χ0) is 17.9. The van der Waals surface area contributed by atoms with E-state index in [-0.39, 0.29) is 5.78 Å². The van der Waals surface area contributed by atoms with E-state index in [1.165, 1.54) is 31.4 Å². The van der Waals surface area contributed by atoms with E-state index >= 15 is 0 Å². The lowest BCUT2D eigenvalue weighted by Crippen LogP contribution is -2.38. The second-order valence-electron chi connectivity index (χ2n) is 7.75. The average molecular weight is 348 g/mol. The van der Waals surface area contributed by atoms with Crippen molar-refractivity contribution in [1.29, 1.82) is 0 Å². The Morgan fingerprint density at radius 3 is 2.46 bits per heavy atom. The summed E-state index contributed by atoms with van der Waals surface area (Å²) in [6, 6.07) is 17.7. The minimum atomic E-state index is 0.148. The molecule has 2 aromatic carbocycles. The number of hydrogen-bond donors (Lipinski definition) is 0. The Labute approximate surface area is 156 Å². The smallest absolute Gasteiger partial charge is 0.159 e. The highest BCUT2D eigenvalue weighted by Gasteiger charge is 2.27. The van der Waals surface area contributed by atoms with E-state index in [9.17, 15) is 4.79 Å². The van der Waals surface area contributed by atoms with Crippen LogP contribution in [-0.2, 0) is 19.4 Å². The Hall–Kier alpha value is -1.97. The largest absolute Gasteiger partial charge is 0.298 e. The summed E-state index contributed by atoms with van der Waals surface area (Å²) in [5.74, 6) is 0.148. The van der Waals surface area contributed by atoms with Crippen molar-refractivity contribution in [3.63, 3.8) is 0 Å². The van der Waals surface area contributed by atoms with Gasteiger partial charge in [0.2, 0.25) is 0 Å². The van der Waals surface area contributed by atoms with Gasteiger partial charge >= 0.3 is 0 Å². The van der Waals surface area contributed by atoms with Gasteiger partial charge in [0, 0.05) is 31.2 Å². The van der Waals surface area contributed by atoms with Crippen molar-refractivity contribution < 1.29 is 4.79 Å². The summed E-state index contributed by atoms with van der Waals surface area (Å²) in [6.07, 6.45) is 3.63. The highest BCUT2D eigenvalue weighted by molar-refractivity contribution is 5.94. The van der Waals surface area contributed by atoms with E-state index in [1.54, 1.807) is 18.1 Å². The topological polar surface area (TPSA) is 23.6 Å². The first-order valence-corrected chi connectivity index (χ1v) is 9.82. The van der Waals surface area contributed by atoms with Crippen molar-refractivity contribution in [3.05, 3.63) is 70.8 Å². The first-order chi connectivity index (χ1) is 12.7. The number of rotatable bonds is 4. The van der Waals surface area contributed by atoms with Gasteiger partial charge < -0.3 is 0 Å². The highest BCUT2D eigenvalue weighted by atomic mass is 16.1. The molecule has 1 aliphatic carbocycles. The molecule has 1 heterocycles. The molecule has 0 aromatic heterocycles. The fraction of sp³-hybridized carbons (Fsp3) is 0.435. The molecule has 0 unspecified atom stereocenters. The van der Waals surface area contributed by atoms with Gasteiger partial charge in [-0.05, 0) is 62.0 Å². The Morgan fingerprint density at radius 1 is 0.962 bits per heavy atom. The fourth-order valence-electron chi connectivity index (χ4n) is 4.45. The lowest BCUT2D eigenvalue weighted by atomic mass is 10.1. The quantitative estimate of drug-likeness (QED) is 0.789. The van der Waals surface area contributed by atoms with Crippen molar-refractivity contribution in [1.82, 2.24) is 9.80 Å². The molecule has 3 heteroatoms. The molecule has 0 bridgehead atoms. The van der Waals surface area contributed by atoms with E-state index in [1.807, 2.05) is 12.1 Å². The maximum absolute atomic E-state index is 11.6. The molecule has 1 fully saturated rings. The molecule has 0 atom stereocenters. The first-order valence-electron chi connectivity index (χ1n) is 9.82. The third-order valence-electron chi connectivity index (χ3n) is 5.91. The fourth-order valence-corrected chi connectivity index (χ4v) is 4.45. The number of ketones is 1. The summed E-state index contributed by atoms with van der Waals surface area (Å²) in [4.78, 5) is 16.9. The third-order valence-corrected chi connectivity index (χ3v) is 5.91. The van der Waals surface area contributed by atoms with Crippen LogP contribution in [0.25, 0.3) is 0 Å². The second-order valence-corrected chi connectivity index (χ2v) is 7.75. The van der Waals surface area contributed by atoms with Crippen LogP contribution in [0.15, 0.2) is 48.5 Å². The van der Waals surface area contributed by atoms with Crippen molar-refractivity contribution in [3.8, 4) is 0 Å². The molecule has 1 saturated heterocycles. The number of fused-ring (bicyclic) bond motifs is 1. The number of carbonyl (C=O) groups excluding carboxylic acids is 1. The number of nitrogens with zero attached hydrogens (tertiary/aromatic N) is 2. The van der Waals surface area contributed by atoms with Crippen LogP contribution in [0.4, 0.5) is 0 Å². The van der Waals surface area contributed by atoms with E-state index in [2.05, 4.69) is 46.2 Å². The Kier molecular flexibility index (Phi) is 5.18. The van der Waals surface area contributed by atoms with Gasteiger partial charge in [-0.25, -0.2) is 0 Å².